The van der Waals surface area contributed by atoms with Gasteiger partial charge in [-0.25, -0.2) is 9.59 Å². The SMILES string of the molecule is C=C(C(=O)OC(OCCC(F)(F)S(=O)(=O)O)(C(=O)OC(C)C)C(F)(F)F)C(F)(F)F. The molecule has 0 fully saturated rings. The van der Waals surface area contributed by atoms with Gasteiger partial charge in [0.2, 0.25) is 0 Å². The van der Waals surface area contributed by atoms with Gasteiger partial charge in [-0.05, 0) is 13.8 Å². The van der Waals surface area contributed by atoms with E-state index in [0.717, 1.165) is 13.8 Å². The van der Waals surface area contributed by atoms with E-state index in [-0.39, 0.29) is 0 Å². The Morgan fingerprint density at radius 2 is 1.50 bits per heavy atom. The molecule has 0 heterocycles. The van der Waals surface area contributed by atoms with Crippen LogP contribution in [-0.2, 0) is 33.9 Å². The molecule has 0 rings (SSSR count). The van der Waals surface area contributed by atoms with Crippen molar-refractivity contribution in [3.05, 3.63) is 12.2 Å². The minimum atomic E-state index is -6.19. The molecule has 0 bridgehead atoms. The summed E-state index contributed by atoms with van der Waals surface area (Å²) in [4.78, 5) is 23.3. The molecule has 30 heavy (non-hydrogen) atoms. The normalized spacial score (nSPS) is 15.5. The van der Waals surface area contributed by atoms with Gasteiger partial charge in [0.1, 0.15) is 5.57 Å². The van der Waals surface area contributed by atoms with Crippen molar-refractivity contribution in [3.63, 3.8) is 0 Å². The molecule has 1 atom stereocenters. The van der Waals surface area contributed by atoms with E-state index in [1.54, 1.807) is 0 Å². The molecule has 0 aliphatic heterocycles. The van der Waals surface area contributed by atoms with Crippen LogP contribution < -0.4 is 0 Å². The summed E-state index contributed by atoms with van der Waals surface area (Å²) in [6, 6.07) is 0. The van der Waals surface area contributed by atoms with Crippen LogP contribution in [0, 0.1) is 0 Å². The van der Waals surface area contributed by atoms with Crippen LogP contribution in [0.4, 0.5) is 35.1 Å². The Kier molecular flexibility index (Phi) is 8.40. The lowest BCUT2D eigenvalue weighted by Gasteiger charge is -2.33. The van der Waals surface area contributed by atoms with E-state index in [4.69, 9.17) is 4.55 Å². The summed E-state index contributed by atoms with van der Waals surface area (Å²) >= 11 is 0. The van der Waals surface area contributed by atoms with Gasteiger partial charge >= 0.3 is 45.5 Å². The topological polar surface area (TPSA) is 116 Å². The van der Waals surface area contributed by atoms with E-state index >= 15 is 0 Å². The lowest BCUT2D eigenvalue weighted by Crippen LogP contribution is -2.59. The molecule has 176 valence electrons. The fourth-order valence-corrected chi connectivity index (χ4v) is 1.77. The van der Waals surface area contributed by atoms with E-state index in [1.807, 2.05) is 0 Å². The molecule has 0 aromatic heterocycles. The Morgan fingerprint density at radius 1 is 1.03 bits per heavy atom. The van der Waals surface area contributed by atoms with Crippen LogP contribution in [0.25, 0.3) is 0 Å². The minimum absolute atomic E-state index is 0.974. The first-order valence-corrected chi connectivity index (χ1v) is 8.78. The summed E-state index contributed by atoms with van der Waals surface area (Å²) in [6.07, 6.45) is -15.4. The molecule has 0 saturated heterocycles. The predicted octanol–water partition coefficient (Wildman–Crippen LogP) is 2.75. The molecule has 0 aromatic carbocycles. The highest BCUT2D eigenvalue weighted by Gasteiger charge is 2.68. The third kappa shape index (κ3) is 6.76. The average molecular weight is 482 g/mol. The molecule has 0 aliphatic rings. The summed E-state index contributed by atoms with van der Waals surface area (Å²) in [6.45, 7) is 2.06. The molecule has 0 spiro atoms. The number of esters is 2. The monoisotopic (exact) mass is 482 g/mol. The molecule has 0 amide bonds. The van der Waals surface area contributed by atoms with Crippen molar-refractivity contribution in [1.29, 1.82) is 0 Å². The zero-order chi connectivity index (χ0) is 24.3. The number of carbonyl (C=O) groups is 2. The van der Waals surface area contributed by atoms with E-state index in [0.29, 0.717) is 0 Å². The number of hydrogen-bond donors (Lipinski definition) is 1. The number of hydrogen-bond acceptors (Lipinski definition) is 7. The molecule has 1 N–H and O–H groups in total. The number of rotatable bonds is 9. The first-order valence-electron chi connectivity index (χ1n) is 7.34. The van der Waals surface area contributed by atoms with Gasteiger partial charge in [-0.2, -0.15) is 43.5 Å². The number of halogens is 8. The van der Waals surface area contributed by atoms with Crippen molar-refractivity contribution < 1.29 is 71.9 Å². The smallest absolute Gasteiger partial charge is 0.458 e. The lowest BCUT2D eigenvalue weighted by molar-refractivity contribution is -0.357. The summed E-state index contributed by atoms with van der Waals surface area (Å²) in [7, 11) is -6.13. The third-order valence-corrected chi connectivity index (χ3v) is 3.84. The van der Waals surface area contributed by atoms with Crippen molar-refractivity contribution >= 4 is 22.1 Å². The van der Waals surface area contributed by atoms with Crippen LogP contribution in [0.5, 0.6) is 0 Å². The number of ether oxygens (including phenoxy) is 3. The second kappa shape index (κ2) is 9.01. The van der Waals surface area contributed by atoms with E-state index in [9.17, 15) is 53.1 Å². The molecule has 0 aromatic rings. The maximum atomic E-state index is 13.5. The first-order chi connectivity index (χ1) is 13.1. The highest BCUT2D eigenvalue weighted by molar-refractivity contribution is 7.86. The van der Waals surface area contributed by atoms with E-state index in [1.165, 1.54) is 0 Å². The molecular formula is C13H14F8O8S. The van der Waals surface area contributed by atoms with E-state index < -0.39 is 70.2 Å². The maximum Gasteiger partial charge on any atom is 0.468 e. The Morgan fingerprint density at radius 3 is 1.83 bits per heavy atom. The van der Waals surface area contributed by atoms with Crippen molar-refractivity contribution in [1.82, 2.24) is 0 Å². The quantitative estimate of drug-likeness (QED) is 0.175. The zero-order valence-corrected chi connectivity index (χ0v) is 15.8. The summed E-state index contributed by atoms with van der Waals surface area (Å²) in [5, 5.41) is -5.08. The Balaban J connectivity index is 6.12. The predicted molar refractivity (Wildman–Crippen MR) is 78.4 cm³/mol. The summed E-state index contributed by atoms with van der Waals surface area (Å²) in [5.74, 6) is -10.5. The average Bonchev–Trinajstić information content (AvgIpc) is 2.48. The van der Waals surface area contributed by atoms with Crippen LogP contribution in [0.15, 0.2) is 12.2 Å². The highest BCUT2D eigenvalue weighted by Crippen LogP contribution is 2.39. The van der Waals surface area contributed by atoms with Gasteiger partial charge in [0.15, 0.2) is 0 Å². The molecule has 0 aliphatic carbocycles. The molecule has 0 radical (unpaired) electrons. The maximum absolute atomic E-state index is 13.5. The number of carbonyl (C=O) groups excluding carboxylic acids is 2. The molecule has 17 heteroatoms. The molecular weight excluding hydrogens is 468 g/mol. The van der Waals surface area contributed by atoms with Gasteiger partial charge in [0.25, 0.3) is 0 Å². The van der Waals surface area contributed by atoms with Gasteiger partial charge < -0.3 is 14.2 Å². The minimum Gasteiger partial charge on any atom is -0.458 e. The fourth-order valence-electron chi connectivity index (χ4n) is 1.43. The third-order valence-electron chi connectivity index (χ3n) is 2.89. The van der Waals surface area contributed by atoms with Crippen molar-refractivity contribution in [3.8, 4) is 0 Å². The van der Waals surface area contributed by atoms with Gasteiger partial charge in [0.05, 0.1) is 19.1 Å². The molecule has 0 saturated carbocycles. The van der Waals surface area contributed by atoms with Crippen molar-refractivity contribution in [2.24, 2.45) is 0 Å². The van der Waals surface area contributed by atoms with Crippen LogP contribution in [0.1, 0.15) is 20.3 Å². The highest BCUT2D eigenvalue weighted by atomic mass is 32.2. The first kappa shape index (κ1) is 28.0. The second-order valence-corrected chi connectivity index (χ2v) is 7.19. The van der Waals surface area contributed by atoms with Crippen molar-refractivity contribution in [2.45, 2.75) is 49.8 Å². The van der Waals surface area contributed by atoms with Gasteiger partial charge in [0, 0.05) is 0 Å². The van der Waals surface area contributed by atoms with E-state index in [2.05, 4.69) is 20.8 Å². The zero-order valence-electron chi connectivity index (χ0n) is 14.9. The summed E-state index contributed by atoms with van der Waals surface area (Å²) < 4.78 is 145. The second-order valence-electron chi connectivity index (χ2n) is 5.65. The van der Waals surface area contributed by atoms with Crippen LogP contribution in [0.3, 0.4) is 0 Å². The van der Waals surface area contributed by atoms with Crippen molar-refractivity contribution in [2.75, 3.05) is 6.61 Å². The Hall–Kier alpha value is -2.01. The Labute approximate surface area is 163 Å². The van der Waals surface area contributed by atoms with Crippen LogP contribution >= 0.6 is 0 Å². The van der Waals surface area contributed by atoms with Crippen LogP contribution in [0.2, 0.25) is 0 Å². The fraction of sp³-hybridized carbons (Fsp3) is 0.692. The van der Waals surface area contributed by atoms with Crippen LogP contribution in [-0.4, -0.2) is 61.0 Å². The largest absolute Gasteiger partial charge is 0.468 e. The van der Waals surface area contributed by atoms with Gasteiger partial charge in [-0.3, -0.25) is 4.55 Å². The Bertz CT molecular complexity index is 771. The standard InChI is InChI=1S/C13H14F8O8S/c1-6(2)28-9(23)11(13(19,20)21,29-8(22)7(3)12(16,17)18)27-5-4-10(14,15)30(24,25)26/h6H,3-5H2,1-2H3,(H,24,25,26). The number of alkyl halides is 8. The molecule has 8 nitrogen and oxygen atoms in total. The van der Waals surface area contributed by atoms with Gasteiger partial charge in [-0.15, -0.1) is 0 Å². The van der Waals surface area contributed by atoms with Gasteiger partial charge in [-0.1, -0.05) is 6.58 Å². The lowest BCUT2D eigenvalue weighted by atomic mass is 10.2. The molecule has 1 unspecified atom stereocenters. The summed E-state index contributed by atoms with van der Waals surface area (Å²) in [5.41, 5.74) is -2.51.